The third kappa shape index (κ3) is 2.84. The maximum absolute atomic E-state index is 13.8. The summed E-state index contributed by atoms with van der Waals surface area (Å²) in [5.74, 6) is -2.67. The summed E-state index contributed by atoms with van der Waals surface area (Å²) in [6, 6.07) is 14.2. The van der Waals surface area contributed by atoms with Crippen LogP contribution >= 0.6 is 23.2 Å². The van der Waals surface area contributed by atoms with Crippen LogP contribution in [0.15, 0.2) is 71.5 Å². The highest BCUT2D eigenvalue weighted by Crippen LogP contribution is 2.54. The third-order valence-corrected chi connectivity index (χ3v) is 7.18. The molecule has 2 aromatic carbocycles. The number of benzene rings is 2. The van der Waals surface area contributed by atoms with Gasteiger partial charge in [0.15, 0.2) is 5.76 Å². The van der Waals surface area contributed by atoms with Crippen molar-refractivity contribution in [2.24, 2.45) is 11.8 Å². The Labute approximate surface area is 199 Å². The summed E-state index contributed by atoms with van der Waals surface area (Å²) < 4.78 is 5.37. The van der Waals surface area contributed by atoms with Gasteiger partial charge in [-0.2, -0.15) is 0 Å². The number of carbonyl (C=O) groups is 3. The van der Waals surface area contributed by atoms with Gasteiger partial charge in [0.25, 0.3) is 0 Å². The number of anilines is 1. The van der Waals surface area contributed by atoms with Crippen LogP contribution in [-0.2, 0) is 9.59 Å². The lowest BCUT2D eigenvalue weighted by Gasteiger charge is -2.35. The Kier molecular flexibility index (Phi) is 4.50. The minimum Gasteiger partial charge on any atom is -0.461 e. The highest BCUT2D eigenvalue weighted by Gasteiger charge is 2.65. The van der Waals surface area contributed by atoms with Gasteiger partial charge >= 0.3 is 0 Å². The Hall–Kier alpha value is -3.35. The molecule has 0 spiro atoms. The average Bonchev–Trinajstić information content (AvgIpc) is 3.51. The van der Waals surface area contributed by atoms with Crippen LogP contribution in [-0.4, -0.2) is 28.5 Å². The number of halogens is 2. The smallest absolute Gasteiger partial charge is 0.240 e. The predicted octanol–water partition coefficient (Wildman–Crippen LogP) is 4.98. The van der Waals surface area contributed by atoms with Gasteiger partial charge in [0.05, 0.1) is 34.9 Å². The molecule has 3 aliphatic heterocycles. The number of furan rings is 1. The van der Waals surface area contributed by atoms with Crippen molar-refractivity contribution < 1.29 is 18.8 Å². The van der Waals surface area contributed by atoms with Gasteiger partial charge in [-0.15, -0.1) is 0 Å². The molecule has 6 nitrogen and oxygen atoms in total. The van der Waals surface area contributed by atoms with E-state index >= 15 is 0 Å². The summed E-state index contributed by atoms with van der Waals surface area (Å²) in [4.78, 5) is 44.0. The summed E-state index contributed by atoms with van der Waals surface area (Å²) in [5.41, 5.74) is 2.11. The first kappa shape index (κ1) is 20.3. The first-order valence-corrected chi connectivity index (χ1v) is 11.2. The maximum Gasteiger partial charge on any atom is 0.240 e. The van der Waals surface area contributed by atoms with Crippen LogP contribution in [0.25, 0.3) is 6.08 Å². The van der Waals surface area contributed by atoms with Crippen LogP contribution in [0.4, 0.5) is 5.69 Å². The number of imide groups is 1. The second-order valence-corrected chi connectivity index (χ2v) is 9.13. The van der Waals surface area contributed by atoms with E-state index in [4.69, 9.17) is 27.6 Å². The highest BCUT2D eigenvalue weighted by molar-refractivity contribution is 6.38. The van der Waals surface area contributed by atoms with E-state index in [0.717, 1.165) is 16.0 Å². The van der Waals surface area contributed by atoms with Crippen molar-refractivity contribution in [3.63, 3.8) is 0 Å². The standard InChI is InChI=1S/C25H16Cl2N2O4/c26-14-7-8-17(16(27)12-14)29-24(31)19-20(25(29)32)22(23(30)18-6-3-11-33-18)28-10-9-13-4-1-2-5-15(13)21(19)28/h1-12,19-22H/t19-,20+,21-,22-/m0/s1. The number of rotatable bonds is 3. The molecule has 0 N–H and O–H groups in total. The largest absolute Gasteiger partial charge is 0.461 e. The average molecular weight is 479 g/mol. The summed E-state index contributed by atoms with van der Waals surface area (Å²) >= 11 is 12.4. The summed E-state index contributed by atoms with van der Waals surface area (Å²) in [7, 11) is 0. The van der Waals surface area contributed by atoms with Gasteiger partial charge in [-0.05, 0) is 47.5 Å². The van der Waals surface area contributed by atoms with E-state index in [0.29, 0.717) is 5.02 Å². The molecule has 4 atom stereocenters. The molecule has 6 rings (SSSR count). The Balaban J connectivity index is 1.51. The topological polar surface area (TPSA) is 70.8 Å². The van der Waals surface area contributed by atoms with Crippen molar-refractivity contribution in [1.82, 2.24) is 4.90 Å². The van der Waals surface area contributed by atoms with Crippen molar-refractivity contribution >= 4 is 52.6 Å². The minimum absolute atomic E-state index is 0.148. The predicted molar refractivity (Wildman–Crippen MR) is 123 cm³/mol. The van der Waals surface area contributed by atoms with Crippen LogP contribution in [0.1, 0.15) is 27.7 Å². The molecule has 33 heavy (non-hydrogen) atoms. The van der Waals surface area contributed by atoms with Gasteiger partial charge in [-0.25, -0.2) is 4.90 Å². The SMILES string of the molecule is O=C(c1ccco1)[C@@H]1[C@@H]2C(=O)N(c3ccc(Cl)cc3Cl)C(=O)[C@@H]2[C@@H]2c3ccccc3C=CN12. The molecule has 3 aromatic rings. The van der Waals surface area contributed by atoms with Crippen LogP contribution in [0.2, 0.25) is 10.0 Å². The lowest BCUT2D eigenvalue weighted by molar-refractivity contribution is -0.123. The molecule has 2 amide bonds. The lowest BCUT2D eigenvalue weighted by atomic mass is 9.84. The van der Waals surface area contributed by atoms with Crippen molar-refractivity contribution in [3.8, 4) is 0 Å². The first-order chi connectivity index (χ1) is 16.0. The van der Waals surface area contributed by atoms with Crippen LogP contribution in [0, 0.1) is 11.8 Å². The zero-order valence-corrected chi connectivity index (χ0v) is 18.5. The molecular weight excluding hydrogens is 463 g/mol. The molecule has 0 saturated carbocycles. The second-order valence-electron chi connectivity index (χ2n) is 8.28. The number of ketones is 1. The van der Waals surface area contributed by atoms with Crippen molar-refractivity contribution in [3.05, 3.63) is 94.0 Å². The third-order valence-electron chi connectivity index (χ3n) is 6.64. The maximum atomic E-state index is 13.8. The van der Waals surface area contributed by atoms with E-state index in [1.165, 1.54) is 12.3 Å². The van der Waals surface area contributed by atoms with Crippen LogP contribution < -0.4 is 4.90 Å². The van der Waals surface area contributed by atoms with E-state index in [9.17, 15) is 14.4 Å². The fourth-order valence-corrected chi connectivity index (χ4v) is 5.81. The zero-order valence-electron chi connectivity index (χ0n) is 17.0. The Morgan fingerprint density at radius 1 is 0.939 bits per heavy atom. The Morgan fingerprint density at radius 2 is 1.73 bits per heavy atom. The summed E-state index contributed by atoms with van der Waals surface area (Å²) in [5, 5.41) is 0.588. The number of carbonyl (C=O) groups excluding carboxylic acids is 3. The monoisotopic (exact) mass is 478 g/mol. The molecule has 0 aliphatic carbocycles. The van der Waals surface area contributed by atoms with E-state index in [-0.39, 0.29) is 28.2 Å². The van der Waals surface area contributed by atoms with Crippen molar-refractivity contribution in [2.45, 2.75) is 12.1 Å². The fourth-order valence-electron chi connectivity index (χ4n) is 5.32. The quantitative estimate of drug-likeness (QED) is 0.391. The molecule has 0 unspecified atom stereocenters. The second kappa shape index (κ2) is 7.33. The van der Waals surface area contributed by atoms with E-state index in [1.54, 1.807) is 30.5 Å². The number of amides is 2. The van der Waals surface area contributed by atoms with Crippen LogP contribution in [0.5, 0.6) is 0 Å². The van der Waals surface area contributed by atoms with E-state index in [1.807, 2.05) is 35.2 Å². The normalized spacial score (nSPS) is 25.3. The van der Waals surface area contributed by atoms with E-state index < -0.39 is 29.8 Å². The number of hydrogen-bond donors (Lipinski definition) is 0. The molecule has 0 bridgehead atoms. The number of Topliss-reactive ketones (excluding diaryl/α,β-unsaturated/α-hetero) is 1. The van der Waals surface area contributed by atoms with Gasteiger partial charge in [-0.1, -0.05) is 47.5 Å². The molecule has 1 aromatic heterocycles. The Bertz CT molecular complexity index is 1350. The molecule has 164 valence electrons. The lowest BCUT2D eigenvalue weighted by Crippen LogP contribution is -2.44. The zero-order chi connectivity index (χ0) is 22.9. The summed E-state index contributed by atoms with van der Waals surface area (Å²) in [6.45, 7) is 0. The number of nitrogens with zero attached hydrogens (tertiary/aromatic N) is 2. The van der Waals surface area contributed by atoms with Crippen molar-refractivity contribution in [1.29, 1.82) is 0 Å². The molecule has 2 saturated heterocycles. The number of hydrogen-bond acceptors (Lipinski definition) is 5. The molecule has 0 radical (unpaired) electrons. The molecular formula is C25H16Cl2N2O4. The minimum atomic E-state index is -0.886. The number of fused-ring (bicyclic) bond motifs is 5. The van der Waals surface area contributed by atoms with Crippen molar-refractivity contribution in [2.75, 3.05) is 4.90 Å². The van der Waals surface area contributed by atoms with Gasteiger partial charge in [-0.3, -0.25) is 14.4 Å². The van der Waals surface area contributed by atoms with Gasteiger partial charge in [0, 0.05) is 11.2 Å². The molecule has 2 fully saturated rings. The first-order valence-electron chi connectivity index (χ1n) is 10.4. The van der Waals surface area contributed by atoms with Gasteiger partial charge in [0.2, 0.25) is 17.6 Å². The van der Waals surface area contributed by atoms with Gasteiger partial charge in [0.1, 0.15) is 6.04 Å². The van der Waals surface area contributed by atoms with Gasteiger partial charge < -0.3 is 9.32 Å². The highest BCUT2D eigenvalue weighted by atomic mass is 35.5. The van der Waals surface area contributed by atoms with Crippen LogP contribution in [0.3, 0.4) is 0 Å². The molecule has 4 heterocycles. The molecule has 8 heteroatoms. The molecule has 3 aliphatic rings. The summed E-state index contributed by atoms with van der Waals surface area (Å²) in [6.07, 6.45) is 5.12. The Morgan fingerprint density at radius 3 is 2.48 bits per heavy atom. The van der Waals surface area contributed by atoms with E-state index in [2.05, 4.69) is 0 Å². The fraction of sp³-hybridized carbons (Fsp3) is 0.160.